The second-order valence-corrected chi connectivity index (χ2v) is 8.47. The first-order valence-electron chi connectivity index (χ1n) is 10.2. The highest BCUT2D eigenvalue weighted by molar-refractivity contribution is 5.83. The maximum absolute atomic E-state index is 2.59. The summed E-state index contributed by atoms with van der Waals surface area (Å²) < 4.78 is 0. The largest absolute Gasteiger partial charge is 0.0552 e. The van der Waals surface area contributed by atoms with Gasteiger partial charge < -0.3 is 0 Å². The summed E-state index contributed by atoms with van der Waals surface area (Å²) in [5, 5.41) is 0. The van der Waals surface area contributed by atoms with E-state index in [9.17, 15) is 0 Å². The van der Waals surface area contributed by atoms with Gasteiger partial charge in [0.15, 0.2) is 0 Å². The van der Waals surface area contributed by atoms with Gasteiger partial charge in [0.25, 0.3) is 0 Å². The lowest BCUT2D eigenvalue weighted by atomic mass is 9.82. The van der Waals surface area contributed by atoms with Crippen LogP contribution in [0, 0.1) is 0 Å². The zero-order chi connectivity index (χ0) is 15.7. The minimum atomic E-state index is 1.33. The van der Waals surface area contributed by atoms with Crippen LogP contribution in [0.1, 0.15) is 70.2 Å². The topological polar surface area (TPSA) is 0 Å². The number of rotatable bonds is 1. The molecule has 24 heavy (non-hydrogen) atoms. The smallest absolute Gasteiger partial charge is 0.0109 e. The van der Waals surface area contributed by atoms with E-state index in [1.807, 2.05) is 0 Å². The Labute approximate surface area is 145 Å². The fraction of sp³-hybridized carbons (Fsp3) is 0.500. The van der Waals surface area contributed by atoms with E-state index < -0.39 is 0 Å². The van der Waals surface area contributed by atoms with Crippen molar-refractivity contribution in [3.8, 4) is 11.1 Å². The van der Waals surface area contributed by atoms with E-state index in [1.54, 1.807) is 55.6 Å². The molecule has 6 rings (SSSR count). The molecule has 122 valence electrons. The van der Waals surface area contributed by atoms with Gasteiger partial charge in [-0.1, -0.05) is 12.1 Å². The highest BCUT2D eigenvalue weighted by atomic mass is 14.3. The Morgan fingerprint density at radius 1 is 0.375 bits per heavy atom. The number of aryl methyl sites for hydroxylation is 4. The van der Waals surface area contributed by atoms with E-state index in [4.69, 9.17) is 0 Å². The molecule has 0 amide bonds. The van der Waals surface area contributed by atoms with E-state index in [1.165, 1.54) is 77.0 Å². The van der Waals surface area contributed by atoms with Gasteiger partial charge in [0, 0.05) is 0 Å². The third-order valence-electron chi connectivity index (χ3n) is 7.20. The molecule has 0 heteroatoms. The van der Waals surface area contributed by atoms with Crippen molar-refractivity contribution >= 4 is 0 Å². The van der Waals surface area contributed by atoms with Crippen LogP contribution in [0.15, 0.2) is 12.1 Å². The molecule has 0 saturated heterocycles. The Balaban J connectivity index is 1.72. The van der Waals surface area contributed by atoms with Crippen molar-refractivity contribution in [1.29, 1.82) is 0 Å². The molecule has 0 N–H and O–H groups in total. The van der Waals surface area contributed by atoms with Crippen LogP contribution in [0.25, 0.3) is 11.1 Å². The number of fused-ring (bicyclic) bond motifs is 4. The highest BCUT2D eigenvalue weighted by Crippen LogP contribution is 2.47. The molecule has 4 aliphatic carbocycles. The zero-order valence-corrected chi connectivity index (χ0v) is 14.6. The van der Waals surface area contributed by atoms with Crippen molar-refractivity contribution in [3.05, 3.63) is 56.6 Å². The number of hydrogen-bond donors (Lipinski definition) is 0. The number of hydrogen-bond acceptors (Lipinski definition) is 0. The molecule has 0 aromatic heterocycles. The Morgan fingerprint density at radius 3 is 0.958 bits per heavy atom. The minimum absolute atomic E-state index is 1.33. The predicted octanol–water partition coefficient (Wildman–Crippen LogP) is 5.31. The van der Waals surface area contributed by atoms with Gasteiger partial charge in [-0.05, 0) is 133 Å². The molecule has 0 nitrogen and oxygen atoms in total. The molecular weight excluding hydrogens is 288 g/mol. The number of benzene rings is 2. The summed E-state index contributed by atoms with van der Waals surface area (Å²) >= 11 is 0. The summed E-state index contributed by atoms with van der Waals surface area (Å²) in [5.74, 6) is 0. The lowest BCUT2D eigenvalue weighted by Crippen LogP contribution is -2.03. The second-order valence-electron chi connectivity index (χ2n) is 8.47. The summed E-state index contributed by atoms with van der Waals surface area (Å²) in [4.78, 5) is 0. The van der Waals surface area contributed by atoms with Crippen molar-refractivity contribution in [1.82, 2.24) is 0 Å². The van der Waals surface area contributed by atoms with E-state index in [-0.39, 0.29) is 0 Å². The van der Waals surface area contributed by atoms with Crippen molar-refractivity contribution < 1.29 is 0 Å². The van der Waals surface area contributed by atoms with Crippen LogP contribution >= 0.6 is 0 Å². The average Bonchev–Trinajstić information content (AvgIpc) is 3.34. The van der Waals surface area contributed by atoms with E-state index in [0.717, 1.165) is 0 Å². The standard InChI is InChI=1S/C24H26/c1-5-15-13-16-6-2-10-20(16)23(19(15)9-1)24-21-11-3-7-17(21)14-18-8-4-12-22(18)24/h13-14H,1-12H2. The normalized spacial score (nSPS) is 20.2. The maximum atomic E-state index is 2.59. The van der Waals surface area contributed by atoms with Crippen molar-refractivity contribution in [2.75, 3.05) is 0 Å². The Kier molecular flexibility index (Phi) is 2.84. The third kappa shape index (κ3) is 1.75. The van der Waals surface area contributed by atoms with Crippen LogP contribution in [-0.4, -0.2) is 0 Å². The first-order valence-corrected chi connectivity index (χ1v) is 10.2. The predicted molar refractivity (Wildman–Crippen MR) is 100.0 cm³/mol. The van der Waals surface area contributed by atoms with Gasteiger partial charge in [0.1, 0.15) is 0 Å². The summed E-state index contributed by atoms with van der Waals surface area (Å²) in [6.45, 7) is 0. The van der Waals surface area contributed by atoms with Crippen LogP contribution in [-0.2, 0) is 51.4 Å². The van der Waals surface area contributed by atoms with Gasteiger partial charge >= 0.3 is 0 Å². The Hall–Kier alpha value is -1.56. The average molecular weight is 314 g/mol. The highest BCUT2D eigenvalue weighted by Gasteiger charge is 2.31. The van der Waals surface area contributed by atoms with Crippen LogP contribution in [0.4, 0.5) is 0 Å². The monoisotopic (exact) mass is 314 g/mol. The molecule has 0 fully saturated rings. The lowest BCUT2D eigenvalue weighted by Gasteiger charge is -2.22. The van der Waals surface area contributed by atoms with Crippen molar-refractivity contribution in [2.45, 2.75) is 77.0 Å². The molecule has 0 aliphatic heterocycles. The molecule has 0 radical (unpaired) electrons. The van der Waals surface area contributed by atoms with Gasteiger partial charge in [-0.25, -0.2) is 0 Å². The molecule has 0 heterocycles. The third-order valence-corrected chi connectivity index (χ3v) is 7.20. The Morgan fingerprint density at radius 2 is 0.667 bits per heavy atom. The van der Waals surface area contributed by atoms with Crippen LogP contribution in [0.3, 0.4) is 0 Å². The second kappa shape index (κ2) is 4.97. The van der Waals surface area contributed by atoms with Crippen molar-refractivity contribution in [2.24, 2.45) is 0 Å². The van der Waals surface area contributed by atoms with E-state index in [0.29, 0.717) is 0 Å². The van der Waals surface area contributed by atoms with Gasteiger partial charge in [0.2, 0.25) is 0 Å². The summed E-state index contributed by atoms with van der Waals surface area (Å²) in [5.41, 5.74) is 17.3. The summed E-state index contributed by atoms with van der Waals surface area (Å²) in [6.07, 6.45) is 16.1. The van der Waals surface area contributed by atoms with Crippen LogP contribution in [0.2, 0.25) is 0 Å². The fourth-order valence-electron chi connectivity index (χ4n) is 6.24. The van der Waals surface area contributed by atoms with Crippen LogP contribution < -0.4 is 0 Å². The quantitative estimate of drug-likeness (QED) is 0.669. The zero-order valence-electron chi connectivity index (χ0n) is 14.6. The van der Waals surface area contributed by atoms with Crippen molar-refractivity contribution in [3.63, 3.8) is 0 Å². The SMILES string of the molecule is c1c2c(c(-c3c4c(cc5c3CCC5)CCC4)c3c1CCC3)CCC2. The fourth-order valence-corrected chi connectivity index (χ4v) is 6.24. The molecule has 2 aromatic carbocycles. The molecule has 2 aromatic rings. The van der Waals surface area contributed by atoms with E-state index >= 15 is 0 Å². The molecule has 0 unspecified atom stereocenters. The Bertz CT molecular complexity index is 731. The van der Waals surface area contributed by atoms with E-state index in [2.05, 4.69) is 12.1 Å². The van der Waals surface area contributed by atoms with Gasteiger partial charge in [-0.3, -0.25) is 0 Å². The van der Waals surface area contributed by atoms with Gasteiger partial charge in [0.05, 0.1) is 0 Å². The molecule has 0 atom stereocenters. The lowest BCUT2D eigenvalue weighted by molar-refractivity contribution is 0.893. The molecule has 0 spiro atoms. The molecule has 0 saturated carbocycles. The maximum Gasteiger partial charge on any atom is -0.0109 e. The molecule has 4 aliphatic rings. The van der Waals surface area contributed by atoms with Gasteiger partial charge in [-0.15, -0.1) is 0 Å². The first-order chi connectivity index (χ1) is 11.9. The summed E-state index contributed by atoms with van der Waals surface area (Å²) in [6, 6.07) is 5.19. The summed E-state index contributed by atoms with van der Waals surface area (Å²) in [7, 11) is 0. The minimum Gasteiger partial charge on any atom is -0.0552 e. The molecule has 0 bridgehead atoms. The first kappa shape index (κ1) is 13.7. The molecular formula is C24H26. The van der Waals surface area contributed by atoms with Gasteiger partial charge in [-0.2, -0.15) is 0 Å². The van der Waals surface area contributed by atoms with Crippen LogP contribution in [0.5, 0.6) is 0 Å².